The van der Waals surface area contributed by atoms with Gasteiger partial charge in [-0.05, 0) is 17.7 Å². The van der Waals surface area contributed by atoms with E-state index in [1.165, 1.54) is 5.56 Å². The molecule has 0 aliphatic rings. The van der Waals surface area contributed by atoms with Crippen LogP contribution in [0.1, 0.15) is 15.9 Å². The minimum absolute atomic E-state index is 0.119. The van der Waals surface area contributed by atoms with E-state index < -0.39 is 0 Å². The molecule has 2 rings (SSSR count). The molecule has 0 aromatic heterocycles. The second-order valence-electron chi connectivity index (χ2n) is 4.72. The van der Waals surface area contributed by atoms with Gasteiger partial charge in [0.2, 0.25) is 0 Å². The zero-order chi connectivity index (χ0) is 14.4. The maximum Gasteiger partial charge on any atom is 0.267 e. The first kappa shape index (κ1) is 14.1. The highest BCUT2D eigenvalue weighted by Gasteiger charge is 2.10. The van der Waals surface area contributed by atoms with Gasteiger partial charge in [0.25, 0.3) is 5.91 Å². The van der Waals surface area contributed by atoms with Crippen molar-refractivity contribution in [1.29, 1.82) is 0 Å². The van der Waals surface area contributed by atoms with Crippen LogP contribution in [-0.2, 0) is 6.54 Å². The van der Waals surface area contributed by atoms with Crippen molar-refractivity contribution in [2.45, 2.75) is 6.54 Å². The Balaban J connectivity index is 2.10. The lowest BCUT2D eigenvalue weighted by atomic mass is 10.1. The molecule has 0 saturated heterocycles. The summed E-state index contributed by atoms with van der Waals surface area (Å²) in [7, 11) is 3.58. The number of anilines is 1. The van der Waals surface area contributed by atoms with Crippen molar-refractivity contribution in [3.05, 3.63) is 65.7 Å². The lowest BCUT2D eigenvalue weighted by molar-refractivity contribution is 0.0858. The molecule has 0 radical (unpaired) electrons. The predicted octanol–water partition coefficient (Wildman–Crippen LogP) is 2.51. The molecule has 0 saturated carbocycles. The third-order valence-corrected chi connectivity index (χ3v) is 2.82. The van der Waals surface area contributed by atoms with Crippen LogP contribution in [0.4, 0.5) is 5.69 Å². The minimum Gasteiger partial charge on any atom is -0.380 e. The molecule has 0 aliphatic carbocycles. The number of para-hydroxylation sites is 1. The van der Waals surface area contributed by atoms with Gasteiger partial charge in [-0.15, -0.1) is 0 Å². The molecule has 0 unspecified atom stereocenters. The van der Waals surface area contributed by atoms with Crippen molar-refractivity contribution < 1.29 is 4.79 Å². The Hall–Kier alpha value is -2.33. The molecule has 0 fully saturated rings. The van der Waals surface area contributed by atoms with Gasteiger partial charge in [-0.25, -0.2) is 5.01 Å². The standard InChI is InChI=1S/C16H19N3O/c1-19(2)18-16(20)14-10-6-7-11-15(14)17-12-13-8-4-3-5-9-13/h3-11,17H,12H2,1-2H3,(H,18,20). The van der Waals surface area contributed by atoms with Crippen molar-refractivity contribution in [3.8, 4) is 0 Å². The maximum absolute atomic E-state index is 12.1. The number of nitrogens with one attached hydrogen (secondary N) is 2. The van der Waals surface area contributed by atoms with Gasteiger partial charge >= 0.3 is 0 Å². The van der Waals surface area contributed by atoms with Gasteiger partial charge in [-0.2, -0.15) is 0 Å². The van der Waals surface area contributed by atoms with Crippen molar-refractivity contribution in [2.24, 2.45) is 0 Å². The van der Waals surface area contributed by atoms with E-state index in [9.17, 15) is 4.79 Å². The van der Waals surface area contributed by atoms with Gasteiger partial charge in [-0.3, -0.25) is 10.2 Å². The Morgan fingerprint density at radius 2 is 1.65 bits per heavy atom. The van der Waals surface area contributed by atoms with Gasteiger partial charge in [-0.1, -0.05) is 42.5 Å². The first-order valence-electron chi connectivity index (χ1n) is 6.52. The van der Waals surface area contributed by atoms with Gasteiger partial charge in [0.05, 0.1) is 5.56 Å². The lowest BCUT2D eigenvalue weighted by Gasteiger charge is -2.15. The van der Waals surface area contributed by atoms with Crippen molar-refractivity contribution in [1.82, 2.24) is 10.4 Å². The van der Waals surface area contributed by atoms with Crippen LogP contribution in [0.3, 0.4) is 0 Å². The number of nitrogens with zero attached hydrogens (tertiary/aromatic N) is 1. The topological polar surface area (TPSA) is 44.4 Å². The Bertz CT molecular complexity index is 567. The highest BCUT2D eigenvalue weighted by Crippen LogP contribution is 2.16. The number of amides is 1. The fourth-order valence-corrected chi connectivity index (χ4v) is 1.89. The quantitative estimate of drug-likeness (QED) is 0.820. The van der Waals surface area contributed by atoms with Gasteiger partial charge in [0.15, 0.2) is 0 Å². The van der Waals surface area contributed by atoms with Crippen LogP contribution in [0, 0.1) is 0 Å². The van der Waals surface area contributed by atoms with E-state index in [0.29, 0.717) is 12.1 Å². The molecule has 2 aromatic rings. The molecule has 0 bridgehead atoms. The van der Waals surface area contributed by atoms with E-state index in [1.54, 1.807) is 19.1 Å². The highest BCUT2D eigenvalue weighted by molar-refractivity contribution is 5.99. The molecule has 4 heteroatoms. The van der Waals surface area contributed by atoms with Crippen molar-refractivity contribution >= 4 is 11.6 Å². The van der Waals surface area contributed by atoms with Crippen LogP contribution in [0.5, 0.6) is 0 Å². The fourth-order valence-electron chi connectivity index (χ4n) is 1.89. The zero-order valence-electron chi connectivity index (χ0n) is 11.8. The number of rotatable bonds is 5. The van der Waals surface area contributed by atoms with Crippen LogP contribution < -0.4 is 10.7 Å². The number of hydrazine groups is 1. The summed E-state index contributed by atoms with van der Waals surface area (Å²) in [4.78, 5) is 12.1. The monoisotopic (exact) mass is 269 g/mol. The van der Waals surface area contributed by atoms with E-state index in [2.05, 4.69) is 22.9 Å². The van der Waals surface area contributed by atoms with E-state index in [0.717, 1.165) is 5.69 Å². The number of hydrogen-bond donors (Lipinski definition) is 2. The number of hydrogen-bond acceptors (Lipinski definition) is 3. The zero-order valence-corrected chi connectivity index (χ0v) is 11.8. The molecular formula is C16H19N3O. The number of carbonyl (C=O) groups is 1. The van der Waals surface area contributed by atoms with Crippen LogP contribution in [0.2, 0.25) is 0 Å². The summed E-state index contributed by atoms with van der Waals surface area (Å²) in [5, 5.41) is 4.94. The van der Waals surface area contributed by atoms with E-state index in [4.69, 9.17) is 0 Å². The first-order valence-corrected chi connectivity index (χ1v) is 6.52. The summed E-state index contributed by atoms with van der Waals surface area (Å²) in [6, 6.07) is 17.6. The molecule has 0 heterocycles. The van der Waals surface area contributed by atoms with Gasteiger partial charge in [0, 0.05) is 26.3 Å². The Labute approximate surface area is 119 Å². The molecule has 0 aliphatic heterocycles. The maximum atomic E-state index is 12.1. The van der Waals surface area contributed by atoms with E-state index >= 15 is 0 Å². The molecule has 4 nitrogen and oxygen atoms in total. The molecule has 2 aromatic carbocycles. The predicted molar refractivity (Wildman–Crippen MR) is 81.4 cm³/mol. The Morgan fingerprint density at radius 3 is 2.35 bits per heavy atom. The molecule has 2 N–H and O–H groups in total. The smallest absolute Gasteiger partial charge is 0.267 e. The normalized spacial score (nSPS) is 10.3. The third-order valence-electron chi connectivity index (χ3n) is 2.82. The minimum atomic E-state index is -0.119. The molecule has 1 amide bonds. The summed E-state index contributed by atoms with van der Waals surface area (Å²) in [5.74, 6) is -0.119. The fraction of sp³-hybridized carbons (Fsp3) is 0.188. The second-order valence-corrected chi connectivity index (χ2v) is 4.72. The van der Waals surface area contributed by atoms with Crippen molar-refractivity contribution in [3.63, 3.8) is 0 Å². The first-order chi connectivity index (χ1) is 9.66. The average molecular weight is 269 g/mol. The summed E-state index contributed by atoms with van der Waals surface area (Å²) < 4.78 is 0. The Kier molecular flexibility index (Phi) is 4.74. The molecule has 0 spiro atoms. The lowest BCUT2D eigenvalue weighted by Crippen LogP contribution is -2.36. The van der Waals surface area contributed by atoms with Crippen LogP contribution in [-0.4, -0.2) is 25.0 Å². The number of carbonyl (C=O) groups excluding carboxylic acids is 1. The summed E-state index contributed by atoms with van der Waals surface area (Å²) in [5.41, 5.74) is 5.39. The van der Waals surface area contributed by atoms with Crippen LogP contribution in [0.15, 0.2) is 54.6 Å². The summed E-state index contributed by atoms with van der Waals surface area (Å²) >= 11 is 0. The van der Waals surface area contributed by atoms with E-state index in [1.807, 2.05) is 42.5 Å². The molecule has 104 valence electrons. The van der Waals surface area contributed by atoms with E-state index in [-0.39, 0.29) is 5.91 Å². The number of benzene rings is 2. The largest absolute Gasteiger partial charge is 0.380 e. The summed E-state index contributed by atoms with van der Waals surface area (Å²) in [6.07, 6.45) is 0. The van der Waals surface area contributed by atoms with Gasteiger partial charge in [0.1, 0.15) is 0 Å². The highest BCUT2D eigenvalue weighted by atomic mass is 16.2. The molecular weight excluding hydrogens is 250 g/mol. The molecule has 0 atom stereocenters. The van der Waals surface area contributed by atoms with Gasteiger partial charge < -0.3 is 5.32 Å². The second kappa shape index (κ2) is 6.73. The molecule has 20 heavy (non-hydrogen) atoms. The Morgan fingerprint density at radius 1 is 1.00 bits per heavy atom. The summed E-state index contributed by atoms with van der Waals surface area (Å²) in [6.45, 7) is 0.688. The average Bonchev–Trinajstić information content (AvgIpc) is 2.46. The van der Waals surface area contributed by atoms with Crippen molar-refractivity contribution in [2.75, 3.05) is 19.4 Å². The van der Waals surface area contributed by atoms with Crippen LogP contribution in [0.25, 0.3) is 0 Å². The van der Waals surface area contributed by atoms with Crippen LogP contribution >= 0.6 is 0 Å². The third kappa shape index (κ3) is 3.83. The SMILES string of the molecule is CN(C)NC(=O)c1ccccc1NCc1ccccc1.